The summed E-state index contributed by atoms with van der Waals surface area (Å²) in [6.07, 6.45) is 0.548. The van der Waals surface area contributed by atoms with Crippen LogP contribution >= 0.6 is 0 Å². The van der Waals surface area contributed by atoms with E-state index in [1.807, 2.05) is 31.2 Å². The van der Waals surface area contributed by atoms with Crippen molar-refractivity contribution in [1.29, 1.82) is 0 Å². The molecule has 0 saturated heterocycles. The Labute approximate surface area is 164 Å². The molecule has 28 heavy (non-hydrogen) atoms. The van der Waals surface area contributed by atoms with E-state index in [4.69, 9.17) is 4.74 Å². The fourth-order valence-corrected chi connectivity index (χ4v) is 2.94. The maximum absolute atomic E-state index is 12.3. The minimum atomic E-state index is -0.395. The number of ether oxygens (including phenoxy) is 1. The van der Waals surface area contributed by atoms with Crippen molar-refractivity contribution in [1.82, 2.24) is 5.32 Å². The van der Waals surface area contributed by atoms with Gasteiger partial charge in [0, 0.05) is 12.2 Å². The summed E-state index contributed by atoms with van der Waals surface area (Å²) in [7, 11) is 0. The molecule has 0 spiro atoms. The van der Waals surface area contributed by atoms with Crippen molar-refractivity contribution in [2.75, 3.05) is 11.9 Å². The van der Waals surface area contributed by atoms with Gasteiger partial charge in [-0.1, -0.05) is 29.8 Å². The number of hydrogen-bond donors (Lipinski definition) is 2. The maximum Gasteiger partial charge on any atom is 0.338 e. The first-order chi connectivity index (χ1) is 13.5. The Morgan fingerprint density at radius 3 is 2.25 bits per heavy atom. The van der Waals surface area contributed by atoms with E-state index in [1.54, 1.807) is 31.2 Å². The van der Waals surface area contributed by atoms with Gasteiger partial charge in [0.15, 0.2) is 0 Å². The molecule has 2 unspecified atom stereocenters. The predicted molar refractivity (Wildman–Crippen MR) is 106 cm³/mol. The van der Waals surface area contributed by atoms with Crippen LogP contribution in [0, 0.1) is 18.8 Å². The van der Waals surface area contributed by atoms with Crippen LogP contribution in [0.4, 0.5) is 5.69 Å². The smallest absolute Gasteiger partial charge is 0.338 e. The van der Waals surface area contributed by atoms with Gasteiger partial charge < -0.3 is 15.4 Å². The number of aryl methyl sites for hydroxylation is 1. The van der Waals surface area contributed by atoms with E-state index in [0.717, 1.165) is 5.56 Å². The lowest BCUT2D eigenvalue weighted by Gasteiger charge is -2.07. The van der Waals surface area contributed by atoms with Crippen LogP contribution in [0.15, 0.2) is 48.5 Å². The van der Waals surface area contributed by atoms with Crippen LogP contribution in [0.25, 0.3) is 0 Å². The van der Waals surface area contributed by atoms with Gasteiger partial charge >= 0.3 is 5.97 Å². The van der Waals surface area contributed by atoms with Gasteiger partial charge in [0.2, 0.25) is 11.8 Å². The maximum atomic E-state index is 12.3. The summed E-state index contributed by atoms with van der Waals surface area (Å²) in [5.74, 6) is -1.28. The molecule has 2 N–H and O–H groups in total. The number of carbonyl (C=O) groups is 3. The molecule has 2 aromatic carbocycles. The SMILES string of the molecule is CCOC(=O)c1ccc(NC(=O)C2CC2C(=O)NCc2ccc(C)cc2)cc1. The second-order valence-corrected chi connectivity index (χ2v) is 6.94. The van der Waals surface area contributed by atoms with E-state index in [2.05, 4.69) is 10.6 Å². The second kappa shape index (κ2) is 8.69. The van der Waals surface area contributed by atoms with Gasteiger partial charge in [0.25, 0.3) is 0 Å². The summed E-state index contributed by atoms with van der Waals surface area (Å²) in [6.45, 7) is 4.53. The lowest BCUT2D eigenvalue weighted by Crippen LogP contribution is -2.27. The third-order valence-corrected chi connectivity index (χ3v) is 4.71. The van der Waals surface area contributed by atoms with E-state index in [-0.39, 0.29) is 23.7 Å². The van der Waals surface area contributed by atoms with Crippen LogP contribution in [0.5, 0.6) is 0 Å². The predicted octanol–water partition coefficient (Wildman–Crippen LogP) is 3.06. The van der Waals surface area contributed by atoms with Crippen molar-refractivity contribution in [3.05, 3.63) is 65.2 Å². The highest BCUT2D eigenvalue weighted by Crippen LogP contribution is 2.39. The number of carbonyl (C=O) groups excluding carboxylic acids is 3. The Balaban J connectivity index is 1.46. The molecule has 1 aliphatic rings. The zero-order chi connectivity index (χ0) is 20.1. The van der Waals surface area contributed by atoms with Crippen LogP contribution < -0.4 is 10.6 Å². The number of amides is 2. The lowest BCUT2D eigenvalue weighted by molar-refractivity contribution is -0.125. The molecule has 146 valence electrons. The second-order valence-electron chi connectivity index (χ2n) is 6.94. The van der Waals surface area contributed by atoms with Crippen LogP contribution in [0.1, 0.15) is 34.8 Å². The minimum absolute atomic E-state index is 0.0987. The molecule has 0 aliphatic heterocycles. The highest BCUT2D eigenvalue weighted by molar-refractivity contribution is 5.99. The molecule has 2 aromatic rings. The van der Waals surface area contributed by atoms with Crippen molar-refractivity contribution in [2.24, 2.45) is 11.8 Å². The Morgan fingerprint density at radius 2 is 1.61 bits per heavy atom. The summed E-state index contributed by atoms with van der Waals surface area (Å²) < 4.78 is 4.93. The van der Waals surface area contributed by atoms with Crippen molar-refractivity contribution in [3.8, 4) is 0 Å². The molecule has 3 rings (SSSR count). The normalized spacial score (nSPS) is 17.5. The van der Waals surface area contributed by atoms with Gasteiger partial charge in [-0.25, -0.2) is 4.79 Å². The zero-order valence-electron chi connectivity index (χ0n) is 16.0. The summed E-state index contributed by atoms with van der Waals surface area (Å²) in [6, 6.07) is 14.5. The average Bonchev–Trinajstić information content (AvgIpc) is 3.49. The number of anilines is 1. The lowest BCUT2D eigenvalue weighted by atomic mass is 10.1. The van der Waals surface area contributed by atoms with E-state index in [0.29, 0.717) is 30.8 Å². The van der Waals surface area contributed by atoms with E-state index in [9.17, 15) is 14.4 Å². The summed E-state index contributed by atoms with van der Waals surface area (Å²) in [5, 5.41) is 5.69. The number of hydrogen-bond acceptors (Lipinski definition) is 4. The Hall–Kier alpha value is -3.15. The number of benzene rings is 2. The molecule has 1 aliphatic carbocycles. The third kappa shape index (κ3) is 4.97. The van der Waals surface area contributed by atoms with Gasteiger partial charge in [-0.05, 0) is 50.1 Å². The van der Waals surface area contributed by atoms with Crippen molar-refractivity contribution >= 4 is 23.5 Å². The van der Waals surface area contributed by atoms with Gasteiger partial charge in [0.05, 0.1) is 24.0 Å². The molecule has 2 amide bonds. The largest absolute Gasteiger partial charge is 0.462 e. The quantitative estimate of drug-likeness (QED) is 0.723. The summed E-state index contributed by atoms with van der Waals surface area (Å²) in [5.41, 5.74) is 3.22. The minimum Gasteiger partial charge on any atom is -0.462 e. The standard InChI is InChI=1S/C22H24N2O4/c1-3-28-22(27)16-8-10-17(11-9-16)24-21(26)19-12-18(19)20(25)23-13-15-6-4-14(2)5-7-15/h4-11,18-19H,3,12-13H2,1-2H3,(H,23,25)(H,24,26). The number of nitrogens with one attached hydrogen (secondary N) is 2. The van der Waals surface area contributed by atoms with Gasteiger partial charge in [-0.3, -0.25) is 9.59 Å². The van der Waals surface area contributed by atoms with Gasteiger partial charge in [0.1, 0.15) is 0 Å². The summed E-state index contributed by atoms with van der Waals surface area (Å²) in [4.78, 5) is 36.2. The number of rotatable bonds is 7. The fourth-order valence-electron chi connectivity index (χ4n) is 2.94. The molecular weight excluding hydrogens is 356 g/mol. The van der Waals surface area contributed by atoms with E-state index in [1.165, 1.54) is 5.56 Å². The highest BCUT2D eigenvalue weighted by atomic mass is 16.5. The third-order valence-electron chi connectivity index (χ3n) is 4.71. The van der Waals surface area contributed by atoms with Crippen molar-refractivity contribution in [3.63, 3.8) is 0 Å². The number of esters is 1. The molecule has 0 heterocycles. The van der Waals surface area contributed by atoms with Gasteiger partial charge in [-0.15, -0.1) is 0 Å². The molecule has 0 radical (unpaired) electrons. The average molecular weight is 380 g/mol. The molecule has 0 bridgehead atoms. The van der Waals surface area contributed by atoms with E-state index < -0.39 is 5.97 Å². The molecular formula is C22H24N2O4. The first kappa shape index (κ1) is 19.6. The van der Waals surface area contributed by atoms with Crippen LogP contribution in [0.3, 0.4) is 0 Å². The molecule has 1 fully saturated rings. The molecule has 2 atom stereocenters. The molecule has 0 aromatic heterocycles. The van der Waals surface area contributed by atoms with Crippen molar-refractivity contribution < 1.29 is 19.1 Å². The monoisotopic (exact) mass is 380 g/mol. The topological polar surface area (TPSA) is 84.5 Å². The fraction of sp³-hybridized carbons (Fsp3) is 0.318. The Bertz CT molecular complexity index is 859. The van der Waals surface area contributed by atoms with Gasteiger partial charge in [-0.2, -0.15) is 0 Å². The van der Waals surface area contributed by atoms with E-state index >= 15 is 0 Å². The van der Waals surface area contributed by atoms with Crippen LogP contribution in [-0.4, -0.2) is 24.4 Å². The summed E-state index contributed by atoms with van der Waals surface area (Å²) >= 11 is 0. The van der Waals surface area contributed by atoms with Crippen molar-refractivity contribution in [2.45, 2.75) is 26.8 Å². The molecule has 6 heteroatoms. The molecule has 1 saturated carbocycles. The van der Waals surface area contributed by atoms with Crippen LogP contribution in [-0.2, 0) is 20.9 Å². The molecule has 6 nitrogen and oxygen atoms in total. The highest BCUT2D eigenvalue weighted by Gasteiger charge is 2.47. The Kier molecular flexibility index (Phi) is 6.09. The van der Waals surface area contributed by atoms with Crippen LogP contribution in [0.2, 0.25) is 0 Å². The first-order valence-corrected chi connectivity index (χ1v) is 9.39. The Morgan fingerprint density at radius 1 is 0.964 bits per heavy atom. The zero-order valence-corrected chi connectivity index (χ0v) is 16.0. The first-order valence-electron chi connectivity index (χ1n) is 9.39.